The molecule has 0 radical (unpaired) electrons. The van der Waals surface area contributed by atoms with Crippen molar-refractivity contribution in [1.29, 1.82) is 0 Å². The summed E-state index contributed by atoms with van der Waals surface area (Å²) in [6, 6.07) is 0. The van der Waals surface area contributed by atoms with Crippen LogP contribution in [0, 0.1) is 0 Å². The molecule has 0 saturated carbocycles. The van der Waals surface area contributed by atoms with Crippen LogP contribution in [-0.2, 0) is 4.79 Å². The highest BCUT2D eigenvalue weighted by molar-refractivity contribution is 8.25. The van der Waals surface area contributed by atoms with Gasteiger partial charge in [-0.15, -0.1) is 0 Å². The van der Waals surface area contributed by atoms with Crippen LogP contribution < -0.4 is 0 Å². The number of aliphatic imine (C=N–C) groups is 1. The Kier molecular flexibility index (Phi) is 2.17. The topological polar surface area (TPSA) is 90.1 Å². The molecule has 0 saturated heterocycles. The molecule has 64 valence electrons. The second-order valence-corrected chi connectivity index (χ2v) is 4.59. The van der Waals surface area contributed by atoms with Crippen molar-refractivity contribution in [2.45, 2.75) is 0 Å². The summed E-state index contributed by atoms with van der Waals surface area (Å²) < 4.78 is 18.2. The maximum atomic E-state index is 10.3. The molecule has 6 heteroatoms. The zero-order valence-electron chi connectivity index (χ0n) is 5.73. The summed E-state index contributed by atoms with van der Waals surface area (Å²) in [7, 11) is -2.69. The van der Waals surface area contributed by atoms with Crippen molar-refractivity contribution in [1.82, 2.24) is 0 Å². The third-order valence-corrected chi connectivity index (χ3v) is 2.91. The van der Waals surface area contributed by atoms with Gasteiger partial charge in [-0.1, -0.05) is 0 Å². The standard InChI is InChI=1S/C5H9NO4S/c7-5(8)4-3-11(9,10)2-1-6-4/h9-10H,1-3H2,(H,7,8). The summed E-state index contributed by atoms with van der Waals surface area (Å²) in [4.78, 5) is 13.9. The van der Waals surface area contributed by atoms with Crippen LogP contribution in [0.4, 0.5) is 0 Å². The van der Waals surface area contributed by atoms with Crippen LogP contribution in [0.2, 0.25) is 0 Å². The minimum atomic E-state index is -2.69. The molecule has 0 fully saturated rings. The van der Waals surface area contributed by atoms with Crippen molar-refractivity contribution in [2.24, 2.45) is 4.99 Å². The Morgan fingerprint density at radius 2 is 2.18 bits per heavy atom. The molecule has 1 aliphatic heterocycles. The number of carboxylic acids is 1. The first kappa shape index (κ1) is 8.51. The van der Waals surface area contributed by atoms with E-state index in [1.807, 2.05) is 0 Å². The summed E-state index contributed by atoms with van der Waals surface area (Å²) in [5.74, 6) is -1.18. The summed E-state index contributed by atoms with van der Waals surface area (Å²) >= 11 is 0. The van der Waals surface area contributed by atoms with Gasteiger partial charge in [-0.05, 0) is 0 Å². The molecule has 0 aliphatic carbocycles. The highest BCUT2D eigenvalue weighted by Crippen LogP contribution is 2.39. The number of hydrogen-bond donors (Lipinski definition) is 3. The van der Waals surface area contributed by atoms with Crippen LogP contribution in [0.1, 0.15) is 0 Å². The van der Waals surface area contributed by atoms with Crippen molar-refractivity contribution in [3.8, 4) is 0 Å². The van der Waals surface area contributed by atoms with Crippen LogP contribution in [-0.4, -0.2) is 43.9 Å². The quantitative estimate of drug-likeness (QED) is 0.539. The lowest BCUT2D eigenvalue weighted by Gasteiger charge is -2.33. The maximum Gasteiger partial charge on any atom is 0.351 e. The largest absolute Gasteiger partial charge is 0.477 e. The second-order valence-electron chi connectivity index (χ2n) is 2.28. The van der Waals surface area contributed by atoms with Crippen molar-refractivity contribution in [3.05, 3.63) is 0 Å². The van der Waals surface area contributed by atoms with E-state index in [4.69, 9.17) is 14.2 Å². The van der Waals surface area contributed by atoms with Gasteiger partial charge in [0.2, 0.25) is 0 Å². The Balaban J connectivity index is 2.71. The smallest absolute Gasteiger partial charge is 0.351 e. The molecule has 0 spiro atoms. The van der Waals surface area contributed by atoms with Gasteiger partial charge in [0.05, 0.1) is 18.1 Å². The first-order valence-corrected chi connectivity index (χ1v) is 4.90. The fraction of sp³-hybridized carbons (Fsp3) is 0.600. The minimum Gasteiger partial charge on any atom is -0.477 e. The van der Waals surface area contributed by atoms with E-state index < -0.39 is 16.6 Å². The molecule has 0 aromatic heterocycles. The van der Waals surface area contributed by atoms with Crippen molar-refractivity contribution in [3.63, 3.8) is 0 Å². The van der Waals surface area contributed by atoms with E-state index in [0.29, 0.717) is 0 Å². The monoisotopic (exact) mass is 179 g/mol. The zero-order chi connectivity index (χ0) is 8.48. The van der Waals surface area contributed by atoms with Gasteiger partial charge in [-0.25, -0.2) is 4.79 Å². The highest BCUT2D eigenvalue weighted by atomic mass is 32.3. The molecule has 0 aromatic rings. The number of aliphatic carboxylic acids is 1. The Bertz CT molecular complexity index is 213. The Hall–Kier alpha value is -0.590. The SMILES string of the molecule is O=C(O)C1=NCCS(O)(O)C1. The predicted molar refractivity (Wildman–Crippen MR) is 42.5 cm³/mol. The van der Waals surface area contributed by atoms with E-state index >= 15 is 0 Å². The summed E-state index contributed by atoms with van der Waals surface area (Å²) in [6.07, 6.45) is 0. The van der Waals surface area contributed by atoms with Crippen molar-refractivity contribution in [2.75, 3.05) is 18.1 Å². The lowest BCUT2D eigenvalue weighted by atomic mass is 10.4. The fourth-order valence-corrected chi connectivity index (χ4v) is 1.97. The van der Waals surface area contributed by atoms with Crippen LogP contribution in [0.25, 0.3) is 0 Å². The second kappa shape index (κ2) is 2.80. The van der Waals surface area contributed by atoms with E-state index in [1.165, 1.54) is 0 Å². The first-order chi connectivity index (χ1) is 5.01. The van der Waals surface area contributed by atoms with Crippen LogP contribution >= 0.6 is 10.6 Å². The average Bonchev–Trinajstić information content (AvgIpc) is 1.85. The average molecular weight is 179 g/mol. The molecule has 1 heterocycles. The maximum absolute atomic E-state index is 10.3. The first-order valence-electron chi connectivity index (χ1n) is 3.01. The molecule has 0 bridgehead atoms. The van der Waals surface area contributed by atoms with E-state index in [9.17, 15) is 4.79 Å². The summed E-state index contributed by atoms with van der Waals surface area (Å²) in [5, 5.41) is 8.43. The highest BCUT2D eigenvalue weighted by Gasteiger charge is 2.23. The van der Waals surface area contributed by atoms with Crippen molar-refractivity contribution >= 4 is 22.3 Å². The molecular formula is C5H9NO4S. The van der Waals surface area contributed by atoms with Gasteiger partial charge >= 0.3 is 5.97 Å². The molecule has 3 N–H and O–H groups in total. The van der Waals surface area contributed by atoms with Gasteiger partial charge in [0.25, 0.3) is 0 Å². The number of carbonyl (C=O) groups is 1. The molecule has 1 aliphatic rings. The molecule has 5 nitrogen and oxygen atoms in total. The number of nitrogens with zero attached hydrogens (tertiary/aromatic N) is 1. The van der Waals surface area contributed by atoms with E-state index in [1.54, 1.807) is 0 Å². The molecule has 1 rings (SSSR count). The zero-order valence-corrected chi connectivity index (χ0v) is 6.54. The van der Waals surface area contributed by atoms with E-state index in [2.05, 4.69) is 4.99 Å². The van der Waals surface area contributed by atoms with Crippen molar-refractivity contribution < 1.29 is 19.0 Å². The molecule has 0 amide bonds. The molecule has 0 atom stereocenters. The predicted octanol–water partition coefficient (Wildman–Crippen LogP) is 0.276. The Morgan fingerprint density at radius 1 is 1.55 bits per heavy atom. The lowest BCUT2D eigenvalue weighted by molar-refractivity contribution is -0.129. The van der Waals surface area contributed by atoms with Gasteiger partial charge in [-0.2, -0.15) is 10.6 Å². The third-order valence-electron chi connectivity index (χ3n) is 1.34. The van der Waals surface area contributed by atoms with Gasteiger partial charge in [-0.3, -0.25) is 14.1 Å². The number of carboxylic acid groups (broad SMARTS) is 1. The number of hydrogen-bond acceptors (Lipinski definition) is 4. The Morgan fingerprint density at radius 3 is 2.55 bits per heavy atom. The lowest BCUT2D eigenvalue weighted by Crippen LogP contribution is -2.28. The summed E-state index contributed by atoms with van der Waals surface area (Å²) in [5.41, 5.74) is -0.128. The summed E-state index contributed by atoms with van der Waals surface area (Å²) in [6.45, 7) is 0.198. The van der Waals surface area contributed by atoms with Crippen LogP contribution in [0.5, 0.6) is 0 Å². The Labute approximate surface area is 65.1 Å². The normalized spacial score (nSPS) is 25.5. The van der Waals surface area contributed by atoms with Crippen LogP contribution in [0.15, 0.2) is 4.99 Å². The minimum absolute atomic E-state index is 0.128. The van der Waals surface area contributed by atoms with Gasteiger partial charge in [0, 0.05) is 0 Å². The molecular weight excluding hydrogens is 170 g/mol. The fourth-order valence-electron chi connectivity index (χ4n) is 0.793. The van der Waals surface area contributed by atoms with E-state index in [0.717, 1.165) is 0 Å². The van der Waals surface area contributed by atoms with Gasteiger partial charge < -0.3 is 5.11 Å². The van der Waals surface area contributed by atoms with Gasteiger partial charge in [0.15, 0.2) is 0 Å². The molecule has 0 unspecified atom stereocenters. The third kappa shape index (κ3) is 2.18. The van der Waals surface area contributed by atoms with Crippen LogP contribution in [0.3, 0.4) is 0 Å². The van der Waals surface area contributed by atoms with Gasteiger partial charge in [0.1, 0.15) is 5.71 Å². The van der Waals surface area contributed by atoms with E-state index in [-0.39, 0.29) is 23.8 Å². The number of rotatable bonds is 1. The molecule has 11 heavy (non-hydrogen) atoms. The molecule has 0 aromatic carbocycles.